The van der Waals surface area contributed by atoms with Crippen LogP contribution < -0.4 is 0 Å². The number of rotatable bonds is 2. The SMILES string of the molecule is O=C(c1cc2ccccc2o1)C1CCCCCCC1. The second kappa shape index (κ2) is 5.60. The van der Waals surface area contributed by atoms with Gasteiger partial charge in [-0.1, -0.05) is 50.3 Å². The Kier molecular flexibility index (Phi) is 3.67. The summed E-state index contributed by atoms with van der Waals surface area (Å²) in [7, 11) is 0. The van der Waals surface area contributed by atoms with Crippen molar-refractivity contribution in [3.63, 3.8) is 0 Å². The summed E-state index contributed by atoms with van der Waals surface area (Å²) < 4.78 is 5.71. The van der Waals surface area contributed by atoms with E-state index in [1.54, 1.807) is 0 Å². The number of carbonyl (C=O) groups is 1. The zero-order valence-corrected chi connectivity index (χ0v) is 11.2. The summed E-state index contributed by atoms with van der Waals surface area (Å²) in [4.78, 5) is 12.5. The lowest BCUT2D eigenvalue weighted by Crippen LogP contribution is -2.15. The van der Waals surface area contributed by atoms with Gasteiger partial charge in [0.25, 0.3) is 0 Å². The van der Waals surface area contributed by atoms with Crippen LogP contribution in [0.4, 0.5) is 0 Å². The molecule has 2 heteroatoms. The Morgan fingerprint density at radius 2 is 1.68 bits per heavy atom. The molecule has 19 heavy (non-hydrogen) atoms. The lowest BCUT2D eigenvalue weighted by atomic mass is 9.87. The highest BCUT2D eigenvalue weighted by Crippen LogP contribution is 2.28. The number of para-hydroxylation sites is 1. The lowest BCUT2D eigenvalue weighted by Gasteiger charge is -2.17. The fourth-order valence-corrected chi connectivity index (χ4v) is 3.02. The van der Waals surface area contributed by atoms with Crippen LogP contribution in [0.1, 0.15) is 55.5 Å². The summed E-state index contributed by atoms with van der Waals surface area (Å²) in [5.74, 6) is 0.922. The maximum Gasteiger partial charge on any atom is 0.201 e. The maximum absolute atomic E-state index is 12.5. The molecule has 1 saturated carbocycles. The van der Waals surface area contributed by atoms with Crippen molar-refractivity contribution in [3.8, 4) is 0 Å². The Morgan fingerprint density at radius 3 is 2.42 bits per heavy atom. The van der Waals surface area contributed by atoms with Gasteiger partial charge in [0.15, 0.2) is 5.76 Å². The molecule has 3 rings (SSSR count). The van der Waals surface area contributed by atoms with Crippen LogP contribution in [0.3, 0.4) is 0 Å². The van der Waals surface area contributed by atoms with Crippen molar-refractivity contribution in [3.05, 3.63) is 36.1 Å². The molecule has 0 spiro atoms. The summed E-state index contributed by atoms with van der Waals surface area (Å²) in [5.41, 5.74) is 0.816. The van der Waals surface area contributed by atoms with Gasteiger partial charge in [-0.3, -0.25) is 4.79 Å². The standard InChI is InChI=1S/C17H20O2/c18-17(13-8-4-2-1-3-5-9-13)16-12-14-10-6-7-11-15(14)19-16/h6-7,10-13H,1-5,8-9H2. The monoisotopic (exact) mass is 256 g/mol. The van der Waals surface area contributed by atoms with E-state index in [-0.39, 0.29) is 11.7 Å². The molecule has 2 nitrogen and oxygen atoms in total. The Balaban J connectivity index is 1.81. The van der Waals surface area contributed by atoms with Crippen molar-refractivity contribution in [2.45, 2.75) is 44.9 Å². The van der Waals surface area contributed by atoms with Crippen molar-refractivity contribution in [2.75, 3.05) is 0 Å². The topological polar surface area (TPSA) is 30.2 Å². The molecule has 0 unspecified atom stereocenters. The number of fused-ring (bicyclic) bond motifs is 1. The minimum Gasteiger partial charge on any atom is -0.453 e. The number of ketones is 1. The molecule has 0 bridgehead atoms. The molecule has 1 aliphatic carbocycles. The van der Waals surface area contributed by atoms with E-state index in [2.05, 4.69) is 0 Å². The minimum absolute atomic E-state index is 0.167. The van der Waals surface area contributed by atoms with Gasteiger partial charge in [-0.25, -0.2) is 0 Å². The Bertz CT molecular complexity index is 526. The average Bonchev–Trinajstić information content (AvgIpc) is 2.81. The normalized spacial score (nSPS) is 18.1. The van der Waals surface area contributed by atoms with E-state index in [9.17, 15) is 4.79 Å². The summed E-state index contributed by atoms with van der Waals surface area (Å²) >= 11 is 0. The van der Waals surface area contributed by atoms with Crippen molar-refractivity contribution >= 4 is 16.8 Å². The molecular formula is C17H20O2. The Labute approximate surface area is 113 Å². The van der Waals surface area contributed by atoms with Crippen molar-refractivity contribution in [1.29, 1.82) is 0 Å². The molecule has 0 radical (unpaired) electrons. The molecule has 0 amide bonds. The molecule has 0 aliphatic heterocycles. The zero-order valence-electron chi connectivity index (χ0n) is 11.2. The Morgan fingerprint density at radius 1 is 1.00 bits per heavy atom. The van der Waals surface area contributed by atoms with Crippen molar-refractivity contribution in [1.82, 2.24) is 0 Å². The van der Waals surface area contributed by atoms with Crippen molar-refractivity contribution in [2.24, 2.45) is 5.92 Å². The van der Waals surface area contributed by atoms with E-state index in [0.29, 0.717) is 5.76 Å². The van der Waals surface area contributed by atoms with Crippen LogP contribution in [0.2, 0.25) is 0 Å². The van der Waals surface area contributed by atoms with Gasteiger partial charge in [0.05, 0.1) is 0 Å². The van der Waals surface area contributed by atoms with Gasteiger partial charge in [-0.05, 0) is 25.0 Å². The second-order valence-electron chi connectivity index (χ2n) is 5.55. The minimum atomic E-state index is 0.167. The van der Waals surface area contributed by atoms with E-state index in [0.717, 1.165) is 23.8 Å². The average molecular weight is 256 g/mol. The van der Waals surface area contributed by atoms with E-state index in [1.165, 1.54) is 32.1 Å². The van der Waals surface area contributed by atoms with Crippen LogP contribution in [0.15, 0.2) is 34.7 Å². The summed E-state index contributed by atoms with van der Waals surface area (Å²) in [5, 5.41) is 1.02. The van der Waals surface area contributed by atoms with E-state index in [4.69, 9.17) is 4.42 Å². The largest absolute Gasteiger partial charge is 0.453 e. The van der Waals surface area contributed by atoms with Crippen LogP contribution in [-0.2, 0) is 0 Å². The van der Waals surface area contributed by atoms with Gasteiger partial charge in [0.2, 0.25) is 5.78 Å². The van der Waals surface area contributed by atoms with Gasteiger partial charge in [-0.2, -0.15) is 0 Å². The third-order valence-electron chi connectivity index (χ3n) is 4.14. The van der Waals surface area contributed by atoms with Crippen LogP contribution in [0.5, 0.6) is 0 Å². The van der Waals surface area contributed by atoms with Gasteiger partial charge >= 0.3 is 0 Å². The fraction of sp³-hybridized carbons (Fsp3) is 0.471. The van der Waals surface area contributed by atoms with Gasteiger partial charge in [0, 0.05) is 11.3 Å². The number of benzene rings is 1. The number of carbonyl (C=O) groups excluding carboxylic acids is 1. The Hall–Kier alpha value is -1.57. The number of Topliss-reactive ketones (excluding diaryl/α,β-unsaturated/α-hetero) is 1. The highest BCUT2D eigenvalue weighted by atomic mass is 16.3. The zero-order chi connectivity index (χ0) is 13.1. The van der Waals surface area contributed by atoms with E-state index >= 15 is 0 Å². The second-order valence-corrected chi connectivity index (χ2v) is 5.55. The van der Waals surface area contributed by atoms with Crippen LogP contribution in [0, 0.1) is 5.92 Å². The molecule has 100 valence electrons. The highest BCUT2D eigenvalue weighted by Gasteiger charge is 2.23. The van der Waals surface area contributed by atoms with Crippen molar-refractivity contribution < 1.29 is 9.21 Å². The van der Waals surface area contributed by atoms with Crippen LogP contribution in [0.25, 0.3) is 11.0 Å². The van der Waals surface area contributed by atoms with Gasteiger partial charge in [0.1, 0.15) is 5.58 Å². The molecular weight excluding hydrogens is 236 g/mol. The molecule has 0 atom stereocenters. The molecule has 1 aromatic carbocycles. The summed E-state index contributed by atoms with van der Waals surface area (Å²) in [6.07, 6.45) is 8.26. The third kappa shape index (κ3) is 2.73. The molecule has 1 aromatic heterocycles. The number of hydrogen-bond acceptors (Lipinski definition) is 2. The molecule has 1 fully saturated rings. The predicted molar refractivity (Wildman–Crippen MR) is 76.4 cm³/mol. The highest BCUT2D eigenvalue weighted by molar-refractivity contribution is 5.99. The van der Waals surface area contributed by atoms with E-state index < -0.39 is 0 Å². The van der Waals surface area contributed by atoms with Gasteiger partial charge in [-0.15, -0.1) is 0 Å². The summed E-state index contributed by atoms with van der Waals surface area (Å²) in [6, 6.07) is 9.73. The number of hydrogen-bond donors (Lipinski definition) is 0. The van der Waals surface area contributed by atoms with E-state index in [1.807, 2.05) is 30.3 Å². The fourth-order valence-electron chi connectivity index (χ4n) is 3.02. The maximum atomic E-state index is 12.5. The smallest absolute Gasteiger partial charge is 0.201 e. The molecule has 0 N–H and O–H groups in total. The lowest BCUT2D eigenvalue weighted by molar-refractivity contribution is 0.0872. The first-order valence-electron chi connectivity index (χ1n) is 7.37. The molecule has 1 heterocycles. The first kappa shape index (κ1) is 12.5. The number of furan rings is 1. The quantitative estimate of drug-likeness (QED) is 0.710. The van der Waals surface area contributed by atoms with Crippen LogP contribution >= 0.6 is 0 Å². The molecule has 2 aromatic rings. The summed E-state index contributed by atoms with van der Waals surface area (Å²) in [6.45, 7) is 0. The van der Waals surface area contributed by atoms with Crippen LogP contribution in [-0.4, -0.2) is 5.78 Å². The first-order valence-corrected chi connectivity index (χ1v) is 7.37. The third-order valence-corrected chi connectivity index (χ3v) is 4.14. The molecule has 0 saturated heterocycles. The van der Waals surface area contributed by atoms with Gasteiger partial charge < -0.3 is 4.42 Å². The first-order chi connectivity index (χ1) is 9.34. The molecule has 1 aliphatic rings. The predicted octanol–water partition coefficient (Wildman–Crippen LogP) is 4.98.